The van der Waals surface area contributed by atoms with Crippen LogP contribution in [0.15, 0.2) is 35.1 Å². The van der Waals surface area contributed by atoms with Gasteiger partial charge >= 0.3 is 0 Å². The number of aliphatic hydroxyl groups excluding tert-OH is 1. The molecule has 0 saturated heterocycles. The van der Waals surface area contributed by atoms with Gasteiger partial charge in [-0.2, -0.15) is 0 Å². The first kappa shape index (κ1) is 26.8. The summed E-state index contributed by atoms with van der Waals surface area (Å²) in [5.41, 5.74) is 2.52. The second-order valence-electron chi connectivity index (χ2n) is 9.06. The maximum Gasteiger partial charge on any atom is 0.254 e. The number of carbonyl (C=O) groups is 1. The SMILES string of the molecule is CCCCCc1nc(-c2ccc(CI)cc2)cc(=O)n1CC(=O)N(CCC(O)O)C1CCCC1. The van der Waals surface area contributed by atoms with E-state index in [0.717, 1.165) is 54.9 Å². The number of rotatable bonds is 12. The summed E-state index contributed by atoms with van der Waals surface area (Å²) < 4.78 is 2.43. The molecule has 1 saturated carbocycles. The lowest BCUT2D eigenvalue weighted by Crippen LogP contribution is -2.44. The molecule has 1 amide bonds. The van der Waals surface area contributed by atoms with Crippen molar-refractivity contribution in [2.45, 2.75) is 88.0 Å². The number of alkyl halides is 1. The molecule has 0 atom stereocenters. The van der Waals surface area contributed by atoms with Crippen molar-refractivity contribution >= 4 is 28.5 Å². The molecule has 34 heavy (non-hydrogen) atoms. The minimum atomic E-state index is -1.46. The largest absolute Gasteiger partial charge is 0.368 e. The van der Waals surface area contributed by atoms with Crippen LogP contribution in [0.5, 0.6) is 0 Å². The second-order valence-corrected chi connectivity index (χ2v) is 9.83. The van der Waals surface area contributed by atoms with Gasteiger partial charge in [-0.25, -0.2) is 4.98 Å². The summed E-state index contributed by atoms with van der Waals surface area (Å²) in [5.74, 6) is 0.475. The van der Waals surface area contributed by atoms with Crippen molar-refractivity contribution in [1.29, 1.82) is 0 Å². The van der Waals surface area contributed by atoms with Gasteiger partial charge in [0.1, 0.15) is 12.4 Å². The Labute approximate surface area is 215 Å². The maximum absolute atomic E-state index is 13.3. The van der Waals surface area contributed by atoms with E-state index in [-0.39, 0.29) is 37.0 Å². The van der Waals surface area contributed by atoms with Crippen molar-refractivity contribution in [3.05, 3.63) is 52.1 Å². The van der Waals surface area contributed by atoms with E-state index in [9.17, 15) is 19.8 Å². The van der Waals surface area contributed by atoms with Gasteiger partial charge in [-0.15, -0.1) is 0 Å². The van der Waals surface area contributed by atoms with Gasteiger partial charge in [0.2, 0.25) is 5.91 Å². The molecule has 0 spiro atoms. The van der Waals surface area contributed by atoms with Crippen molar-refractivity contribution in [2.75, 3.05) is 6.54 Å². The molecular weight excluding hydrogens is 545 g/mol. The van der Waals surface area contributed by atoms with Crippen LogP contribution < -0.4 is 5.56 Å². The zero-order valence-corrected chi connectivity index (χ0v) is 22.1. The molecule has 1 aromatic heterocycles. The molecule has 0 aliphatic heterocycles. The number of aryl methyl sites for hydroxylation is 1. The summed E-state index contributed by atoms with van der Waals surface area (Å²) in [6, 6.07) is 9.68. The van der Waals surface area contributed by atoms with Gasteiger partial charge in [0.15, 0.2) is 6.29 Å². The summed E-state index contributed by atoms with van der Waals surface area (Å²) >= 11 is 2.32. The third-order valence-corrected chi connectivity index (χ3v) is 7.38. The molecule has 0 bridgehead atoms. The standard InChI is InChI=1S/C26H36IN3O4/c1-2-3-4-9-23-28-22(20-12-10-19(17-27)11-13-20)16-24(31)30(23)18-25(32)29(15-14-26(33)34)21-7-5-6-8-21/h10-13,16,21,26,33-34H,2-9,14-15,17-18H2,1H3. The van der Waals surface area contributed by atoms with E-state index in [1.165, 1.54) is 16.2 Å². The van der Waals surface area contributed by atoms with Gasteiger partial charge in [0, 0.05) is 41.5 Å². The minimum absolute atomic E-state index is 0.0701. The Morgan fingerprint density at radius 1 is 1.21 bits per heavy atom. The van der Waals surface area contributed by atoms with Crippen LogP contribution in [-0.2, 0) is 22.2 Å². The van der Waals surface area contributed by atoms with Gasteiger partial charge < -0.3 is 15.1 Å². The molecule has 8 heteroatoms. The highest BCUT2D eigenvalue weighted by Gasteiger charge is 2.27. The number of hydrogen-bond donors (Lipinski definition) is 2. The molecule has 2 aromatic rings. The molecular formula is C26H36IN3O4. The van der Waals surface area contributed by atoms with Crippen LogP contribution >= 0.6 is 22.6 Å². The summed E-state index contributed by atoms with van der Waals surface area (Å²) in [4.78, 5) is 33.1. The van der Waals surface area contributed by atoms with E-state index in [2.05, 4.69) is 29.5 Å². The van der Waals surface area contributed by atoms with E-state index in [1.54, 1.807) is 4.90 Å². The van der Waals surface area contributed by atoms with Crippen LogP contribution in [0.1, 0.15) is 69.7 Å². The number of unbranched alkanes of at least 4 members (excludes halogenated alkanes) is 2. The number of carbonyl (C=O) groups excluding carboxylic acids is 1. The highest BCUT2D eigenvalue weighted by molar-refractivity contribution is 14.1. The zero-order chi connectivity index (χ0) is 24.5. The summed E-state index contributed by atoms with van der Waals surface area (Å²) in [5, 5.41) is 18.7. The Hall–Kier alpha value is -1.78. The Morgan fingerprint density at radius 2 is 1.91 bits per heavy atom. The smallest absolute Gasteiger partial charge is 0.254 e. The highest BCUT2D eigenvalue weighted by atomic mass is 127. The lowest BCUT2D eigenvalue weighted by atomic mass is 10.1. The van der Waals surface area contributed by atoms with Crippen molar-refractivity contribution in [3.63, 3.8) is 0 Å². The van der Waals surface area contributed by atoms with Crippen LogP contribution in [0.2, 0.25) is 0 Å². The minimum Gasteiger partial charge on any atom is -0.368 e. The van der Waals surface area contributed by atoms with Gasteiger partial charge in [0.05, 0.1) is 5.69 Å². The topological polar surface area (TPSA) is 95.7 Å². The number of nitrogens with zero attached hydrogens (tertiary/aromatic N) is 3. The van der Waals surface area contributed by atoms with Crippen LogP contribution in [0, 0.1) is 0 Å². The number of halogens is 1. The molecule has 3 rings (SSSR count). The van der Waals surface area contributed by atoms with E-state index in [0.29, 0.717) is 17.9 Å². The Morgan fingerprint density at radius 3 is 2.53 bits per heavy atom. The quantitative estimate of drug-likeness (QED) is 0.171. The van der Waals surface area contributed by atoms with E-state index < -0.39 is 6.29 Å². The lowest BCUT2D eigenvalue weighted by Gasteiger charge is -2.30. The molecule has 2 N–H and O–H groups in total. The van der Waals surface area contributed by atoms with Gasteiger partial charge in [-0.1, -0.05) is 79.5 Å². The first-order valence-electron chi connectivity index (χ1n) is 12.3. The molecule has 1 aromatic carbocycles. The maximum atomic E-state index is 13.3. The van der Waals surface area contributed by atoms with Gasteiger partial charge in [-0.05, 0) is 24.8 Å². The number of benzene rings is 1. The lowest BCUT2D eigenvalue weighted by molar-refractivity contribution is -0.135. The predicted octanol–water partition coefficient (Wildman–Crippen LogP) is 4.05. The molecule has 0 unspecified atom stereocenters. The van der Waals surface area contributed by atoms with Crippen molar-refractivity contribution in [1.82, 2.24) is 14.5 Å². The van der Waals surface area contributed by atoms with Crippen LogP contribution in [0.25, 0.3) is 11.3 Å². The molecule has 1 heterocycles. The second kappa shape index (κ2) is 13.3. The first-order valence-corrected chi connectivity index (χ1v) is 13.9. The number of aromatic nitrogens is 2. The van der Waals surface area contributed by atoms with Crippen molar-refractivity contribution in [3.8, 4) is 11.3 Å². The third kappa shape index (κ3) is 7.36. The monoisotopic (exact) mass is 581 g/mol. The molecule has 1 aliphatic rings. The molecule has 0 radical (unpaired) electrons. The summed E-state index contributed by atoms with van der Waals surface area (Å²) in [7, 11) is 0. The van der Waals surface area contributed by atoms with Crippen LogP contribution in [-0.4, -0.2) is 49.4 Å². The fraction of sp³-hybridized carbons (Fsp3) is 0.577. The first-order chi connectivity index (χ1) is 16.4. The predicted molar refractivity (Wildman–Crippen MR) is 142 cm³/mol. The van der Waals surface area contributed by atoms with Crippen molar-refractivity contribution < 1.29 is 15.0 Å². The Bertz CT molecular complexity index is 985. The summed E-state index contributed by atoms with van der Waals surface area (Å²) in [6.07, 6.45) is 6.21. The average molecular weight is 581 g/mol. The zero-order valence-electron chi connectivity index (χ0n) is 20.0. The number of hydrogen-bond acceptors (Lipinski definition) is 5. The van der Waals surface area contributed by atoms with Crippen LogP contribution in [0.3, 0.4) is 0 Å². The van der Waals surface area contributed by atoms with E-state index >= 15 is 0 Å². The molecule has 1 fully saturated rings. The third-order valence-electron chi connectivity index (χ3n) is 6.50. The molecule has 7 nitrogen and oxygen atoms in total. The molecule has 186 valence electrons. The Kier molecular flexibility index (Phi) is 10.5. The van der Waals surface area contributed by atoms with Gasteiger partial charge in [0.25, 0.3) is 5.56 Å². The van der Waals surface area contributed by atoms with Crippen LogP contribution in [0.4, 0.5) is 0 Å². The highest BCUT2D eigenvalue weighted by Crippen LogP contribution is 2.24. The number of amides is 1. The van der Waals surface area contributed by atoms with E-state index in [1.807, 2.05) is 24.3 Å². The normalized spacial score (nSPS) is 14.1. The van der Waals surface area contributed by atoms with E-state index in [4.69, 9.17) is 4.98 Å². The average Bonchev–Trinajstić information content (AvgIpc) is 3.35. The molecule has 1 aliphatic carbocycles. The van der Waals surface area contributed by atoms with Crippen molar-refractivity contribution in [2.24, 2.45) is 0 Å². The van der Waals surface area contributed by atoms with Gasteiger partial charge in [-0.3, -0.25) is 14.2 Å². The summed E-state index contributed by atoms with van der Waals surface area (Å²) in [6.45, 7) is 2.33. The fourth-order valence-electron chi connectivity index (χ4n) is 4.57. The fourth-order valence-corrected chi connectivity index (χ4v) is 5.08. The Balaban J connectivity index is 1.89. The number of aliphatic hydroxyl groups is 2.